The van der Waals surface area contributed by atoms with Gasteiger partial charge in [0.1, 0.15) is 0 Å². The quantitative estimate of drug-likeness (QED) is 0.631. The van der Waals surface area contributed by atoms with Crippen molar-refractivity contribution >= 4 is 40.6 Å². The number of carbonyl (C=O) groups excluding carboxylic acids is 1. The molecule has 2 rings (SSSR count). The summed E-state index contributed by atoms with van der Waals surface area (Å²) >= 11 is 11.4. The van der Waals surface area contributed by atoms with Crippen LogP contribution in [-0.2, 0) is 11.3 Å². The number of ether oxygens (including phenoxy) is 1. The second-order valence-electron chi connectivity index (χ2n) is 4.71. The highest BCUT2D eigenvalue weighted by atomic mass is 35.5. The lowest BCUT2D eigenvalue weighted by atomic mass is 10.2. The number of thiocarbonyl (C=S) groups is 1. The maximum Gasteiger partial charge on any atom is 0.339 e. The van der Waals surface area contributed by atoms with Crippen molar-refractivity contribution in [2.24, 2.45) is 0 Å². The minimum absolute atomic E-state index is 0.308. The van der Waals surface area contributed by atoms with Gasteiger partial charge in [0, 0.05) is 12.2 Å². The Morgan fingerprint density at radius 2 is 1.96 bits per heavy atom. The molecular formula is C17H17ClN2O2S. The Morgan fingerprint density at radius 3 is 2.61 bits per heavy atom. The summed E-state index contributed by atoms with van der Waals surface area (Å²) in [6.07, 6.45) is 0. The molecule has 120 valence electrons. The van der Waals surface area contributed by atoms with E-state index in [2.05, 4.69) is 10.6 Å². The number of halogens is 1. The lowest BCUT2D eigenvalue weighted by molar-refractivity contribution is 0.0526. The van der Waals surface area contributed by atoms with Crippen LogP contribution in [0.15, 0.2) is 48.5 Å². The number of esters is 1. The first-order valence-corrected chi connectivity index (χ1v) is 7.94. The molecule has 0 aromatic heterocycles. The molecule has 0 saturated heterocycles. The van der Waals surface area contributed by atoms with Gasteiger partial charge in [0.15, 0.2) is 5.11 Å². The Hall–Kier alpha value is -2.11. The average molecular weight is 349 g/mol. The first-order chi connectivity index (χ1) is 11.1. The van der Waals surface area contributed by atoms with Gasteiger partial charge in [-0.2, -0.15) is 0 Å². The molecule has 23 heavy (non-hydrogen) atoms. The van der Waals surface area contributed by atoms with Gasteiger partial charge in [0.05, 0.1) is 17.2 Å². The number of hydrogen-bond acceptors (Lipinski definition) is 3. The molecule has 0 atom stereocenters. The average Bonchev–Trinajstić information content (AvgIpc) is 2.54. The molecule has 2 N–H and O–H groups in total. The molecular weight excluding hydrogens is 332 g/mol. The van der Waals surface area contributed by atoms with E-state index in [-0.39, 0.29) is 0 Å². The van der Waals surface area contributed by atoms with Crippen molar-refractivity contribution in [3.63, 3.8) is 0 Å². The van der Waals surface area contributed by atoms with Crippen molar-refractivity contribution in [2.75, 3.05) is 11.9 Å². The third-order valence-corrected chi connectivity index (χ3v) is 3.58. The number of nitrogens with one attached hydrogen (secondary N) is 2. The fourth-order valence-electron chi connectivity index (χ4n) is 1.92. The first-order valence-electron chi connectivity index (χ1n) is 7.15. The highest BCUT2D eigenvalue weighted by Gasteiger charge is 2.12. The number of carbonyl (C=O) groups is 1. The van der Waals surface area contributed by atoms with E-state index >= 15 is 0 Å². The molecule has 6 heteroatoms. The second kappa shape index (κ2) is 8.50. The molecule has 0 spiro atoms. The normalized spacial score (nSPS) is 10.0. The van der Waals surface area contributed by atoms with Gasteiger partial charge in [-0.15, -0.1) is 0 Å². The summed E-state index contributed by atoms with van der Waals surface area (Å²) in [6.45, 7) is 2.68. The summed E-state index contributed by atoms with van der Waals surface area (Å²) in [6, 6.07) is 14.9. The van der Waals surface area contributed by atoms with Crippen LogP contribution in [0, 0.1) is 0 Å². The standard InChI is InChI=1S/C17H17ClN2O2S/c1-2-22-16(21)14-9-8-13(10-15(14)18)20-17(23)19-11-12-6-4-3-5-7-12/h3-10H,2,11H2,1H3,(H2,19,20,23). The molecule has 2 aromatic rings. The zero-order valence-electron chi connectivity index (χ0n) is 12.6. The summed E-state index contributed by atoms with van der Waals surface area (Å²) in [4.78, 5) is 11.7. The Bertz CT molecular complexity index is 692. The van der Waals surface area contributed by atoms with Crippen LogP contribution in [0.4, 0.5) is 5.69 Å². The fourth-order valence-corrected chi connectivity index (χ4v) is 2.37. The van der Waals surface area contributed by atoms with Crippen LogP contribution in [0.3, 0.4) is 0 Å². The van der Waals surface area contributed by atoms with Crippen LogP contribution in [0.1, 0.15) is 22.8 Å². The lowest BCUT2D eigenvalue weighted by Crippen LogP contribution is -2.27. The van der Waals surface area contributed by atoms with E-state index in [0.29, 0.717) is 34.5 Å². The molecule has 0 amide bonds. The second-order valence-corrected chi connectivity index (χ2v) is 5.52. The molecule has 2 aromatic carbocycles. The van der Waals surface area contributed by atoms with E-state index in [1.165, 1.54) is 0 Å². The van der Waals surface area contributed by atoms with Gasteiger partial charge in [0.25, 0.3) is 0 Å². The van der Waals surface area contributed by atoms with Crippen molar-refractivity contribution in [1.82, 2.24) is 5.32 Å². The van der Waals surface area contributed by atoms with E-state index in [0.717, 1.165) is 5.56 Å². The zero-order valence-corrected chi connectivity index (χ0v) is 14.2. The number of rotatable bonds is 5. The summed E-state index contributed by atoms with van der Waals surface area (Å²) in [5.41, 5.74) is 2.17. The molecule has 0 aliphatic heterocycles. The third-order valence-electron chi connectivity index (χ3n) is 3.02. The molecule has 0 fully saturated rings. The van der Waals surface area contributed by atoms with Crippen molar-refractivity contribution in [3.05, 3.63) is 64.7 Å². The fraction of sp³-hybridized carbons (Fsp3) is 0.176. The molecule has 0 saturated carbocycles. The van der Waals surface area contributed by atoms with Crippen LogP contribution in [0.25, 0.3) is 0 Å². The van der Waals surface area contributed by atoms with Crippen molar-refractivity contribution in [3.8, 4) is 0 Å². The Kier molecular flexibility index (Phi) is 6.38. The van der Waals surface area contributed by atoms with E-state index in [1.54, 1.807) is 25.1 Å². The van der Waals surface area contributed by atoms with E-state index < -0.39 is 5.97 Å². The smallest absolute Gasteiger partial charge is 0.339 e. The van der Waals surface area contributed by atoms with Gasteiger partial charge >= 0.3 is 5.97 Å². The van der Waals surface area contributed by atoms with Crippen LogP contribution in [0.5, 0.6) is 0 Å². The molecule has 0 aliphatic carbocycles. The van der Waals surface area contributed by atoms with E-state index in [9.17, 15) is 4.79 Å². The third kappa shape index (κ3) is 5.23. The molecule has 0 unspecified atom stereocenters. The molecule has 0 bridgehead atoms. The van der Waals surface area contributed by atoms with Crippen molar-refractivity contribution in [1.29, 1.82) is 0 Å². The Morgan fingerprint density at radius 1 is 1.22 bits per heavy atom. The monoisotopic (exact) mass is 348 g/mol. The van der Waals surface area contributed by atoms with Crippen molar-refractivity contribution < 1.29 is 9.53 Å². The van der Waals surface area contributed by atoms with E-state index in [4.69, 9.17) is 28.6 Å². The highest BCUT2D eigenvalue weighted by molar-refractivity contribution is 7.80. The molecule has 0 aliphatic rings. The van der Waals surface area contributed by atoms with Gasteiger partial charge in [-0.3, -0.25) is 0 Å². The minimum atomic E-state index is -0.436. The lowest BCUT2D eigenvalue weighted by Gasteiger charge is -2.12. The Balaban J connectivity index is 1.93. The van der Waals surface area contributed by atoms with Gasteiger partial charge in [-0.05, 0) is 42.9 Å². The summed E-state index contributed by atoms with van der Waals surface area (Å²) < 4.78 is 4.94. The van der Waals surface area contributed by atoms with Crippen LogP contribution in [0.2, 0.25) is 5.02 Å². The summed E-state index contributed by atoms with van der Waals surface area (Å²) in [7, 11) is 0. The van der Waals surface area contributed by atoms with Gasteiger partial charge < -0.3 is 15.4 Å². The number of hydrogen-bond donors (Lipinski definition) is 2. The van der Waals surface area contributed by atoms with Gasteiger partial charge in [0.2, 0.25) is 0 Å². The zero-order chi connectivity index (χ0) is 16.7. The number of anilines is 1. The van der Waals surface area contributed by atoms with E-state index in [1.807, 2.05) is 30.3 Å². The first kappa shape index (κ1) is 17.2. The minimum Gasteiger partial charge on any atom is -0.462 e. The van der Waals surface area contributed by atoms with Crippen LogP contribution < -0.4 is 10.6 Å². The summed E-state index contributed by atoms with van der Waals surface area (Å²) in [5, 5.41) is 6.94. The molecule has 4 nitrogen and oxygen atoms in total. The van der Waals surface area contributed by atoms with Crippen LogP contribution >= 0.6 is 23.8 Å². The van der Waals surface area contributed by atoms with Crippen LogP contribution in [-0.4, -0.2) is 17.7 Å². The van der Waals surface area contributed by atoms with Gasteiger partial charge in [-0.1, -0.05) is 41.9 Å². The SMILES string of the molecule is CCOC(=O)c1ccc(NC(=S)NCc2ccccc2)cc1Cl. The summed E-state index contributed by atoms with van der Waals surface area (Å²) in [5.74, 6) is -0.436. The Labute approximate surface area is 145 Å². The predicted octanol–water partition coefficient (Wildman–Crippen LogP) is 4.00. The molecule has 0 heterocycles. The maximum absolute atomic E-state index is 11.7. The largest absolute Gasteiger partial charge is 0.462 e. The topological polar surface area (TPSA) is 50.4 Å². The predicted molar refractivity (Wildman–Crippen MR) is 96.9 cm³/mol. The number of benzene rings is 2. The highest BCUT2D eigenvalue weighted by Crippen LogP contribution is 2.21. The van der Waals surface area contributed by atoms with Gasteiger partial charge in [-0.25, -0.2) is 4.79 Å². The maximum atomic E-state index is 11.7. The van der Waals surface area contributed by atoms with Crippen molar-refractivity contribution in [2.45, 2.75) is 13.5 Å². The molecule has 0 radical (unpaired) electrons.